The predicted molar refractivity (Wildman–Crippen MR) is 89.6 cm³/mol. The second-order valence-corrected chi connectivity index (χ2v) is 6.30. The van der Waals surface area contributed by atoms with Crippen molar-refractivity contribution in [3.63, 3.8) is 0 Å². The van der Waals surface area contributed by atoms with Crippen molar-refractivity contribution >= 4 is 37.6 Å². The van der Waals surface area contributed by atoms with Crippen molar-refractivity contribution in [3.05, 3.63) is 56.0 Å². The van der Waals surface area contributed by atoms with Crippen molar-refractivity contribution in [2.45, 2.75) is 6.92 Å². The Kier molecular flexibility index (Phi) is 5.06. The highest BCUT2D eigenvalue weighted by Crippen LogP contribution is 2.34. The van der Waals surface area contributed by atoms with Crippen LogP contribution in [-0.2, 0) is 0 Å². The minimum absolute atomic E-state index is 0.0766. The van der Waals surface area contributed by atoms with E-state index in [0.717, 1.165) is 10.0 Å². The highest BCUT2D eigenvalue weighted by molar-refractivity contribution is 9.10. The predicted octanol–water partition coefficient (Wildman–Crippen LogP) is 4.77. The van der Waals surface area contributed by atoms with Gasteiger partial charge in [-0.25, -0.2) is 0 Å². The Morgan fingerprint density at radius 2 is 1.57 bits per heavy atom. The van der Waals surface area contributed by atoms with Crippen LogP contribution in [0.3, 0.4) is 0 Å². The molecule has 0 atom stereocenters. The largest absolute Gasteiger partial charge is 0.493 e. The molecule has 0 fully saturated rings. The Labute approximate surface area is 140 Å². The van der Waals surface area contributed by atoms with Crippen molar-refractivity contribution in [2.24, 2.45) is 0 Å². The molecule has 0 radical (unpaired) electrons. The molecule has 0 aliphatic carbocycles. The first-order valence-corrected chi connectivity index (χ1v) is 7.78. The molecule has 0 aliphatic rings. The topological polar surface area (TPSA) is 35.5 Å². The van der Waals surface area contributed by atoms with E-state index in [-0.39, 0.29) is 5.78 Å². The second-order valence-electron chi connectivity index (χ2n) is 4.53. The van der Waals surface area contributed by atoms with Crippen LogP contribution in [-0.4, -0.2) is 20.0 Å². The molecular formula is C16H14Br2O3. The quantitative estimate of drug-likeness (QED) is 0.677. The maximum Gasteiger partial charge on any atom is 0.194 e. The van der Waals surface area contributed by atoms with Gasteiger partial charge in [0.2, 0.25) is 0 Å². The zero-order valence-corrected chi connectivity index (χ0v) is 15.0. The standard InChI is InChI=1S/C16H14Br2O3/c1-9-4-10(6-11(17)5-9)16(19)12-7-14(20-2)15(21-3)8-13(12)18/h4-8H,1-3H3. The Bertz CT molecular complexity index is 676. The number of aryl methyl sites for hydroxylation is 1. The molecular weight excluding hydrogens is 400 g/mol. The van der Waals surface area contributed by atoms with Gasteiger partial charge in [-0.3, -0.25) is 4.79 Å². The van der Waals surface area contributed by atoms with Crippen LogP contribution in [0.5, 0.6) is 11.5 Å². The maximum absolute atomic E-state index is 12.7. The lowest BCUT2D eigenvalue weighted by atomic mass is 10.0. The summed E-state index contributed by atoms with van der Waals surface area (Å²) in [5.41, 5.74) is 2.17. The summed E-state index contributed by atoms with van der Waals surface area (Å²) >= 11 is 6.83. The second kappa shape index (κ2) is 6.62. The molecule has 0 bridgehead atoms. The van der Waals surface area contributed by atoms with Crippen LogP contribution in [0.2, 0.25) is 0 Å². The van der Waals surface area contributed by atoms with Crippen LogP contribution >= 0.6 is 31.9 Å². The molecule has 0 saturated heterocycles. The van der Waals surface area contributed by atoms with E-state index in [2.05, 4.69) is 31.9 Å². The summed E-state index contributed by atoms with van der Waals surface area (Å²) < 4.78 is 12.0. The first kappa shape index (κ1) is 16.0. The lowest BCUT2D eigenvalue weighted by Crippen LogP contribution is -2.04. The van der Waals surface area contributed by atoms with Crippen molar-refractivity contribution < 1.29 is 14.3 Å². The van der Waals surface area contributed by atoms with Crippen molar-refractivity contribution in [2.75, 3.05) is 14.2 Å². The summed E-state index contributed by atoms with van der Waals surface area (Å²) in [7, 11) is 3.10. The number of carbonyl (C=O) groups excluding carboxylic acids is 1. The number of rotatable bonds is 4. The SMILES string of the molecule is COc1cc(Br)c(C(=O)c2cc(C)cc(Br)c2)cc1OC. The molecule has 0 amide bonds. The van der Waals surface area contributed by atoms with Crippen LogP contribution in [0.15, 0.2) is 39.3 Å². The molecule has 21 heavy (non-hydrogen) atoms. The summed E-state index contributed by atoms with van der Waals surface area (Å²) in [6.07, 6.45) is 0. The molecule has 2 aromatic carbocycles. The van der Waals surface area contributed by atoms with E-state index in [9.17, 15) is 4.79 Å². The number of ketones is 1. The summed E-state index contributed by atoms with van der Waals surface area (Å²) in [5, 5.41) is 0. The van der Waals surface area contributed by atoms with Crippen LogP contribution in [0.25, 0.3) is 0 Å². The Morgan fingerprint density at radius 1 is 0.952 bits per heavy atom. The zero-order valence-electron chi connectivity index (χ0n) is 11.9. The molecule has 110 valence electrons. The molecule has 0 saturated carbocycles. The fourth-order valence-electron chi connectivity index (χ4n) is 2.05. The Morgan fingerprint density at radius 3 is 2.14 bits per heavy atom. The van der Waals surface area contributed by atoms with Crippen LogP contribution < -0.4 is 9.47 Å². The molecule has 5 heteroatoms. The van der Waals surface area contributed by atoms with Crippen molar-refractivity contribution in [1.29, 1.82) is 0 Å². The van der Waals surface area contributed by atoms with E-state index in [0.29, 0.717) is 27.1 Å². The minimum Gasteiger partial charge on any atom is -0.493 e. The first-order chi connectivity index (χ1) is 9.96. The molecule has 0 aliphatic heterocycles. The number of carbonyl (C=O) groups is 1. The third-order valence-corrected chi connectivity index (χ3v) is 4.14. The van der Waals surface area contributed by atoms with Gasteiger partial charge in [-0.15, -0.1) is 0 Å². The highest BCUT2D eigenvalue weighted by atomic mass is 79.9. The van der Waals surface area contributed by atoms with E-state index in [4.69, 9.17) is 9.47 Å². The number of ether oxygens (including phenoxy) is 2. The van der Waals surface area contributed by atoms with E-state index in [1.54, 1.807) is 32.4 Å². The number of hydrogen-bond donors (Lipinski definition) is 0. The van der Waals surface area contributed by atoms with Crippen LogP contribution in [0.4, 0.5) is 0 Å². The fourth-order valence-corrected chi connectivity index (χ4v) is 3.16. The number of methoxy groups -OCH3 is 2. The highest BCUT2D eigenvalue weighted by Gasteiger charge is 2.17. The molecule has 0 spiro atoms. The summed E-state index contributed by atoms with van der Waals surface area (Å²) in [5.74, 6) is 1.02. The molecule has 0 heterocycles. The molecule has 2 aromatic rings. The molecule has 0 unspecified atom stereocenters. The summed E-state index contributed by atoms with van der Waals surface area (Å²) in [4.78, 5) is 12.7. The van der Waals surface area contributed by atoms with Gasteiger partial charge in [0.15, 0.2) is 17.3 Å². The molecule has 3 nitrogen and oxygen atoms in total. The summed E-state index contributed by atoms with van der Waals surface area (Å²) in [6, 6.07) is 9.04. The normalized spacial score (nSPS) is 10.3. The summed E-state index contributed by atoms with van der Waals surface area (Å²) in [6.45, 7) is 1.95. The van der Waals surface area contributed by atoms with Gasteiger partial charge in [0.1, 0.15) is 0 Å². The van der Waals surface area contributed by atoms with E-state index in [1.807, 2.05) is 19.1 Å². The van der Waals surface area contributed by atoms with Gasteiger partial charge in [0.05, 0.1) is 14.2 Å². The maximum atomic E-state index is 12.7. The average Bonchev–Trinajstić information content (AvgIpc) is 2.45. The number of benzene rings is 2. The van der Waals surface area contributed by atoms with Gasteiger partial charge >= 0.3 is 0 Å². The third-order valence-electron chi connectivity index (χ3n) is 3.02. The van der Waals surface area contributed by atoms with Gasteiger partial charge in [0.25, 0.3) is 0 Å². The van der Waals surface area contributed by atoms with Gasteiger partial charge in [-0.1, -0.05) is 15.9 Å². The minimum atomic E-state index is -0.0766. The number of halogens is 2. The lowest BCUT2D eigenvalue weighted by molar-refractivity contribution is 0.103. The van der Waals surface area contributed by atoms with Gasteiger partial charge in [-0.05, 0) is 58.7 Å². The van der Waals surface area contributed by atoms with Gasteiger partial charge in [-0.2, -0.15) is 0 Å². The molecule has 0 aromatic heterocycles. The lowest BCUT2D eigenvalue weighted by Gasteiger charge is -2.12. The molecule has 2 rings (SSSR count). The van der Waals surface area contributed by atoms with E-state index in [1.165, 1.54) is 0 Å². The smallest absolute Gasteiger partial charge is 0.194 e. The Hall–Kier alpha value is -1.33. The van der Waals surface area contributed by atoms with Gasteiger partial charge < -0.3 is 9.47 Å². The average molecular weight is 414 g/mol. The van der Waals surface area contributed by atoms with Crippen molar-refractivity contribution in [1.82, 2.24) is 0 Å². The first-order valence-electron chi connectivity index (χ1n) is 6.19. The van der Waals surface area contributed by atoms with Crippen molar-refractivity contribution in [3.8, 4) is 11.5 Å². The van der Waals surface area contributed by atoms with E-state index < -0.39 is 0 Å². The number of hydrogen-bond acceptors (Lipinski definition) is 3. The zero-order chi connectivity index (χ0) is 15.6. The van der Waals surface area contributed by atoms with Crippen LogP contribution in [0, 0.1) is 6.92 Å². The van der Waals surface area contributed by atoms with Gasteiger partial charge in [0, 0.05) is 20.1 Å². The Balaban J connectivity index is 2.52. The van der Waals surface area contributed by atoms with Crippen LogP contribution in [0.1, 0.15) is 21.5 Å². The molecule has 0 N–H and O–H groups in total. The monoisotopic (exact) mass is 412 g/mol. The fraction of sp³-hybridized carbons (Fsp3) is 0.188. The van der Waals surface area contributed by atoms with E-state index >= 15 is 0 Å². The third kappa shape index (κ3) is 3.47.